The molecule has 146 valence electrons. The van der Waals surface area contributed by atoms with Crippen LogP contribution in [-0.4, -0.2) is 85.9 Å². The Hall–Kier alpha value is -1.14. The van der Waals surface area contributed by atoms with Crippen molar-refractivity contribution in [3.05, 3.63) is 29.3 Å². The van der Waals surface area contributed by atoms with Crippen molar-refractivity contribution in [2.45, 2.75) is 20.4 Å². The van der Waals surface area contributed by atoms with E-state index >= 15 is 0 Å². The molecule has 5 heteroatoms. The minimum absolute atomic E-state index is 0.303. The third kappa shape index (κ3) is 4.77. The van der Waals surface area contributed by atoms with Crippen molar-refractivity contribution in [3.8, 4) is 5.75 Å². The van der Waals surface area contributed by atoms with E-state index in [4.69, 9.17) is 4.74 Å². The number of rotatable bonds is 7. The molecule has 0 aromatic heterocycles. The van der Waals surface area contributed by atoms with Gasteiger partial charge in [-0.1, -0.05) is 13.0 Å². The van der Waals surface area contributed by atoms with E-state index < -0.39 is 0 Å². The smallest absolute Gasteiger partial charge is 0.119 e. The Labute approximate surface area is 158 Å². The Morgan fingerprint density at radius 2 is 1.73 bits per heavy atom. The monoisotopic (exact) mass is 361 g/mol. The highest BCUT2D eigenvalue weighted by atomic mass is 16.5. The zero-order valence-electron chi connectivity index (χ0n) is 16.7. The van der Waals surface area contributed by atoms with E-state index in [0.717, 1.165) is 38.5 Å². The lowest BCUT2D eigenvalue weighted by molar-refractivity contribution is 0.106. The molecule has 26 heavy (non-hydrogen) atoms. The van der Waals surface area contributed by atoms with Gasteiger partial charge >= 0.3 is 0 Å². The van der Waals surface area contributed by atoms with Crippen LogP contribution in [0.2, 0.25) is 0 Å². The molecule has 0 unspecified atom stereocenters. The average Bonchev–Trinajstić information content (AvgIpc) is 3.05. The van der Waals surface area contributed by atoms with Crippen LogP contribution >= 0.6 is 0 Å². The van der Waals surface area contributed by atoms with Crippen molar-refractivity contribution >= 4 is 0 Å². The van der Waals surface area contributed by atoms with Gasteiger partial charge in [0.05, 0.1) is 7.11 Å². The zero-order chi connectivity index (χ0) is 18.5. The van der Waals surface area contributed by atoms with Crippen LogP contribution in [0.5, 0.6) is 5.75 Å². The lowest BCUT2D eigenvalue weighted by atomic mass is 9.96. The molecule has 1 aromatic carbocycles. The number of aryl methyl sites for hydroxylation is 1. The second kappa shape index (κ2) is 9.18. The number of methoxy groups -OCH3 is 1. The summed E-state index contributed by atoms with van der Waals surface area (Å²) in [5.74, 6) is 1.90. The van der Waals surface area contributed by atoms with Crippen molar-refractivity contribution in [1.29, 1.82) is 0 Å². The highest BCUT2D eigenvalue weighted by molar-refractivity contribution is 5.34. The van der Waals surface area contributed by atoms with Gasteiger partial charge in [-0.25, -0.2) is 0 Å². The molecule has 2 heterocycles. The summed E-state index contributed by atoms with van der Waals surface area (Å²) in [5, 5.41) is 9.88. The first-order valence-corrected chi connectivity index (χ1v) is 10.0. The van der Waals surface area contributed by atoms with Crippen molar-refractivity contribution in [1.82, 2.24) is 14.7 Å². The average molecular weight is 362 g/mol. The van der Waals surface area contributed by atoms with Crippen molar-refractivity contribution in [2.75, 3.05) is 66.1 Å². The molecular formula is C21H35N3O2. The van der Waals surface area contributed by atoms with Gasteiger partial charge in [-0.3, -0.25) is 4.90 Å². The van der Waals surface area contributed by atoms with Crippen molar-refractivity contribution in [2.24, 2.45) is 11.8 Å². The first-order valence-electron chi connectivity index (χ1n) is 10.0. The van der Waals surface area contributed by atoms with E-state index in [9.17, 15) is 5.11 Å². The number of hydrogen-bond acceptors (Lipinski definition) is 5. The maximum absolute atomic E-state index is 9.88. The Bertz CT molecular complexity index is 572. The Morgan fingerprint density at radius 3 is 2.35 bits per heavy atom. The second-order valence-corrected chi connectivity index (χ2v) is 7.92. The van der Waals surface area contributed by atoms with Crippen molar-refractivity contribution in [3.63, 3.8) is 0 Å². The summed E-state index contributed by atoms with van der Waals surface area (Å²) in [5.41, 5.74) is 2.64. The standard InChI is InChI=1S/C21H35N3O2/c1-4-22-7-9-23(10-8-22)13-19-14-24(15-20(19)16-25)12-18-5-6-21(26-3)11-17(18)2/h5-6,11,19-20,25H,4,7-10,12-16H2,1-3H3/t19-,20-/m1/s1. The zero-order valence-corrected chi connectivity index (χ0v) is 16.7. The van der Waals surface area contributed by atoms with Gasteiger partial charge in [-0.05, 0) is 48.6 Å². The predicted octanol–water partition coefficient (Wildman–Crippen LogP) is 1.68. The lowest BCUT2D eigenvalue weighted by Gasteiger charge is -2.36. The Balaban J connectivity index is 1.55. The van der Waals surface area contributed by atoms with Gasteiger partial charge in [0.25, 0.3) is 0 Å². The van der Waals surface area contributed by atoms with Gasteiger partial charge in [0, 0.05) is 59.0 Å². The molecule has 0 saturated carbocycles. The number of benzene rings is 1. The predicted molar refractivity (Wildman–Crippen MR) is 106 cm³/mol. The van der Waals surface area contributed by atoms with E-state index in [-0.39, 0.29) is 0 Å². The third-order valence-corrected chi connectivity index (χ3v) is 6.24. The summed E-state index contributed by atoms with van der Waals surface area (Å²) in [6.45, 7) is 14.7. The fourth-order valence-electron chi connectivity index (χ4n) is 4.41. The first-order chi connectivity index (χ1) is 12.6. The van der Waals surface area contributed by atoms with E-state index in [2.05, 4.69) is 40.7 Å². The summed E-state index contributed by atoms with van der Waals surface area (Å²) < 4.78 is 5.32. The fourth-order valence-corrected chi connectivity index (χ4v) is 4.41. The number of nitrogens with zero attached hydrogens (tertiary/aromatic N) is 3. The maximum Gasteiger partial charge on any atom is 0.119 e. The van der Waals surface area contributed by atoms with Gasteiger partial charge in [0.1, 0.15) is 5.75 Å². The van der Waals surface area contributed by atoms with Crippen molar-refractivity contribution < 1.29 is 9.84 Å². The number of likely N-dealkylation sites (N-methyl/N-ethyl adjacent to an activating group) is 1. The minimum Gasteiger partial charge on any atom is -0.497 e. The van der Waals surface area contributed by atoms with Crippen LogP contribution in [0.1, 0.15) is 18.1 Å². The molecule has 0 amide bonds. The van der Waals surface area contributed by atoms with Crippen LogP contribution < -0.4 is 4.74 Å². The molecule has 0 bridgehead atoms. The minimum atomic E-state index is 0.303. The third-order valence-electron chi connectivity index (χ3n) is 6.24. The lowest BCUT2D eigenvalue weighted by Crippen LogP contribution is -2.48. The van der Waals surface area contributed by atoms with Crippen LogP contribution in [0.3, 0.4) is 0 Å². The summed E-state index contributed by atoms with van der Waals surface area (Å²) in [6, 6.07) is 6.34. The molecule has 2 fully saturated rings. The van der Waals surface area contributed by atoms with Gasteiger partial charge in [-0.2, -0.15) is 0 Å². The maximum atomic E-state index is 9.88. The molecule has 1 N–H and O–H groups in total. The summed E-state index contributed by atoms with van der Waals surface area (Å²) in [4.78, 5) is 7.64. The number of aliphatic hydroxyl groups is 1. The number of piperazine rings is 1. The van der Waals surface area contributed by atoms with Crippen LogP contribution in [0.4, 0.5) is 0 Å². The molecule has 3 rings (SSSR count). The second-order valence-electron chi connectivity index (χ2n) is 7.92. The van der Waals surface area contributed by atoms with Crippen LogP contribution in [0.25, 0.3) is 0 Å². The summed E-state index contributed by atoms with van der Waals surface area (Å²) in [7, 11) is 1.71. The number of hydrogen-bond donors (Lipinski definition) is 1. The molecular weight excluding hydrogens is 326 g/mol. The van der Waals surface area contributed by atoms with Gasteiger partial charge in [0.2, 0.25) is 0 Å². The van der Waals surface area contributed by atoms with E-state index in [1.165, 1.54) is 37.3 Å². The molecule has 1 aromatic rings. The molecule has 2 aliphatic heterocycles. The van der Waals surface area contributed by atoms with E-state index in [1.54, 1.807) is 7.11 Å². The quantitative estimate of drug-likeness (QED) is 0.800. The number of ether oxygens (including phenoxy) is 1. The molecule has 0 spiro atoms. The van der Waals surface area contributed by atoms with Gasteiger partial charge in [0.15, 0.2) is 0 Å². The molecule has 2 saturated heterocycles. The summed E-state index contributed by atoms with van der Waals surface area (Å²) >= 11 is 0. The SMILES string of the molecule is CCN1CCN(C[C@@H]2CN(Cc3ccc(OC)cc3C)C[C@@H]2CO)CC1. The Kier molecular flexibility index (Phi) is 6.92. The molecule has 5 nitrogen and oxygen atoms in total. The normalized spacial score (nSPS) is 25.7. The molecule has 0 aliphatic carbocycles. The largest absolute Gasteiger partial charge is 0.497 e. The number of likely N-dealkylation sites (tertiary alicyclic amines) is 1. The number of aliphatic hydroxyl groups excluding tert-OH is 1. The molecule has 2 atom stereocenters. The fraction of sp³-hybridized carbons (Fsp3) is 0.714. The van der Waals surface area contributed by atoms with Crippen LogP contribution in [-0.2, 0) is 6.54 Å². The Morgan fingerprint density at radius 1 is 1.04 bits per heavy atom. The molecule has 2 aliphatic rings. The van der Waals surface area contributed by atoms with Crippen LogP contribution in [0.15, 0.2) is 18.2 Å². The highest BCUT2D eigenvalue weighted by Gasteiger charge is 2.34. The van der Waals surface area contributed by atoms with Gasteiger partial charge < -0.3 is 19.6 Å². The van der Waals surface area contributed by atoms with E-state index in [0.29, 0.717) is 18.4 Å². The highest BCUT2D eigenvalue weighted by Crippen LogP contribution is 2.27. The van der Waals surface area contributed by atoms with E-state index in [1.807, 2.05) is 6.07 Å². The first kappa shape index (κ1) is 19.6. The summed E-state index contributed by atoms with van der Waals surface area (Å²) in [6.07, 6.45) is 0. The topological polar surface area (TPSA) is 39.2 Å². The van der Waals surface area contributed by atoms with Gasteiger partial charge in [-0.15, -0.1) is 0 Å². The molecule has 0 radical (unpaired) electrons. The van der Waals surface area contributed by atoms with Crippen LogP contribution in [0, 0.1) is 18.8 Å².